The van der Waals surface area contributed by atoms with Gasteiger partial charge in [-0.2, -0.15) is 5.26 Å². The normalized spacial score (nSPS) is 10.1. The molecule has 2 aromatic rings. The molecule has 9 heteroatoms. The third-order valence-corrected chi connectivity index (χ3v) is 4.11. The van der Waals surface area contributed by atoms with Crippen molar-refractivity contribution in [2.75, 3.05) is 5.32 Å². The average molecular weight is 369 g/mol. The monoisotopic (exact) mass is 369 g/mol. The van der Waals surface area contributed by atoms with Crippen molar-refractivity contribution >= 4 is 17.6 Å². The fourth-order valence-electron chi connectivity index (χ4n) is 2.45. The van der Waals surface area contributed by atoms with Crippen molar-refractivity contribution in [3.05, 3.63) is 61.9 Å². The Morgan fingerprint density at radius 1 is 1.22 bits per heavy atom. The summed E-state index contributed by atoms with van der Waals surface area (Å²) in [6.45, 7) is 4.93. The Hall–Kier alpha value is -3.67. The number of rotatable bonds is 4. The van der Waals surface area contributed by atoms with Crippen LogP contribution in [0.5, 0.6) is 0 Å². The van der Waals surface area contributed by atoms with Crippen LogP contribution in [0.2, 0.25) is 0 Å². The van der Waals surface area contributed by atoms with E-state index in [9.17, 15) is 19.2 Å². The number of imide groups is 1. The number of nitrogens with zero attached hydrogens (tertiary/aromatic N) is 3. The third kappa shape index (κ3) is 4.30. The van der Waals surface area contributed by atoms with E-state index in [1.807, 2.05) is 19.9 Å². The molecule has 9 nitrogen and oxygen atoms in total. The molecule has 0 unspecified atom stereocenters. The first-order valence-electron chi connectivity index (χ1n) is 8.19. The van der Waals surface area contributed by atoms with Gasteiger partial charge < -0.3 is 5.32 Å². The molecule has 0 aliphatic carbocycles. The molecule has 0 aliphatic heterocycles. The lowest BCUT2D eigenvalue weighted by Gasteiger charge is -2.12. The van der Waals surface area contributed by atoms with E-state index in [2.05, 4.69) is 10.6 Å². The molecule has 0 atom stereocenters. The molecule has 2 N–H and O–H groups in total. The number of benzene rings is 1. The van der Waals surface area contributed by atoms with Crippen molar-refractivity contribution in [3.8, 4) is 6.07 Å². The second kappa shape index (κ2) is 8.14. The van der Waals surface area contributed by atoms with Gasteiger partial charge in [-0.3, -0.25) is 19.5 Å². The maximum Gasteiger partial charge on any atom is 0.331 e. The standard InChI is InChI=1S/C18H19N5O4/c1-4-22-9-13(8-19)16(25)23(18(22)27)10-15(24)21-17(26)20-14-7-5-6-11(2)12(14)3/h5-7,9H,4,10H2,1-3H3,(H2,20,21,24,26). The first kappa shape index (κ1) is 19.7. The number of aryl methyl sites for hydroxylation is 2. The van der Waals surface area contributed by atoms with Crippen molar-refractivity contribution in [1.82, 2.24) is 14.5 Å². The van der Waals surface area contributed by atoms with Gasteiger partial charge in [0.25, 0.3) is 5.56 Å². The van der Waals surface area contributed by atoms with Crippen molar-refractivity contribution in [2.45, 2.75) is 33.9 Å². The number of hydrogen-bond donors (Lipinski definition) is 2. The molecule has 0 radical (unpaired) electrons. The summed E-state index contributed by atoms with van der Waals surface area (Å²) in [5, 5.41) is 13.6. The number of carbonyl (C=O) groups excluding carboxylic acids is 2. The number of amides is 3. The first-order valence-corrected chi connectivity index (χ1v) is 8.19. The highest BCUT2D eigenvalue weighted by atomic mass is 16.2. The van der Waals surface area contributed by atoms with E-state index in [1.54, 1.807) is 25.1 Å². The minimum absolute atomic E-state index is 0.225. The molecular weight excluding hydrogens is 350 g/mol. The predicted octanol–water partition coefficient (Wildman–Crippen LogP) is 0.867. The Balaban J connectivity index is 2.18. The second-order valence-electron chi connectivity index (χ2n) is 5.86. The zero-order valence-corrected chi connectivity index (χ0v) is 15.2. The van der Waals surface area contributed by atoms with Gasteiger partial charge in [0.05, 0.1) is 0 Å². The maximum absolute atomic E-state index is 12.2. The number of urea groups is 1. The Morgan fingerprint density at radius 3 is 2.56 bits per heavy atom. The van der Waals surface area contributed by atoms with Gasteiger partial charge in [-0.1, -0.05) is 12.1 Å². The number of nitrogens with one attached hydrogen (secondary N) is 2. The number of anilines is 1. The fourth-order valence-corrected chi connectivity index (χ4v) is 2.45. The van der Waals surface area contributed by atoms with Crippen molar-refractivity contribution in [1.29, 1.82) is 5.26 Å². The molecule has 0 spiro atoms. The van der Waals surface area contributed by atoms with Crippen LogP contribution in [-0.4, -0.2) is 21.1 Å². The highest BCUT2D eigenvalue weighted by molar-refractivity contribution is 6.01. The fraction of sp³-hybridized carbons (Fsp3) is 0.278. The van der Waals surface area contributed by atoms with Gasteiger partial charge in [0, 0.05) is 18.4 Å². The van der Waals surface area contributed by atoms with Gasteiger partial charge in [0.1, 0.15) is 18.2 Å². The summed E-state index contributed by atoms with van der Waals surface area (Å²) < 4.78 is 1.77. The number of carbonyl (C=O) groups is 2. The molecule has 1 aromatic carbocycles. The number of hydrogen-bond acceptors (Lipinski definition) is 5. The molecule has 140 valence electrons. The van der Waals surface area contributed by atoms with E-state index in [0.717, 1.165) is 21.9 Å². The summed E-state index contributed by atoms with van der Waals surface area (Å²) >= 11 is 0. The SMILES string of the molecule is CCn1cc(C#N)c(=O)n(CC(=O)NC(=O)Nc2cccc(C)c2C)c1=O. The molecule has 0 saturated carbocycles. The molecule has 2 rings (SSSR count). The zero-order valence-electron chi connectivity index (χ0n) is 15.2. The van der Waals surface area contributed by atoms with Crippen LogP contribution in [0.1, 0.15) is 23.6 Å². The van der Waals surface area contributed by atoms with Gasteiger partial charge in [0.15, 0.2) is 0 Å². The third-order valence-electron chi connectivity index (χ3n) is 4.11. The second-order valence-corrected chi connectivity index (χ2v) is 5.86. The molecular formula is C18H19N5O4. The molecule has 0 fully saturated rings. The van der Waals surface area contributed by atoms with Crippen LogP contribution in [0.15, 0.2) is 34.0 Å². The van der Waals surface area contributed by atoms with Gasteiger partial charge >= 0.3 is 11.7 Å². The largest absolute Gasteiger partial charge is 0.331 e. The Bertz CT molecular complexity index is 1060. The van der Waals surface area contributed by atoms with Crippen molar-refractivity contribution in [2.24, 2.45) is 0 Å². The predicted molar refractivity (Wildman–Crippen MR) is 98.4 cm³/mol. The van der Waals surface area contributed by atoms with E-state index in [-0.39, 0.29) is 12.1 Å². The van der Waals surface area contributed by atoms with E-state index < -0.39 is 29.7 Å². The van der Waals surface area contributed by atoms with Crippen molar-refractivity contribution in [3.63, 3.8) is 0 Å². The highest BCUT2D eigenvalue weighted by Crippen LogP contribution is 2.17. The Kier molecular flexibility index (Phi) is 5.92. The van der Waals surface area contributed by atoms with Crippen LogP contribution in [0.4, 0.5) is 10.5 Å². The first-order chi connectivity index (χ1) is 12.8. The van der Waals surface area contributed by atoms with E-state index in [0.29, 0.717) is 10.3 Å². The Labute approximate surface area is 154 Å². The summed E-state index contributed by atoms with van der Waals surface area (Å²) in [5.74, 6) is -0.852. The molecule has 0 aliphatic rings. The minimum atomic E-state index is -0.878. The summed E-state index contributed by atoms with van der Waals surface area (Å²) in [7, 11) is 0. The smallest absolute Gasteiger partial charge is 0.307 e. The van der Waals surface area contributed by atoms with Gasteiger partial charge in [-0.15, -0.1) is 0 Å². The van der Waals surface area contributed by atoms with Gasteiger partial charge in [0.2, 0.25) is 5.91 Å². The lowest BCUT2D eigenvalue weighted by atomic mass is 10.1. The summed E-state index contributed by atoms with van der Waals surface area (Å²) in [5.41, 5.74) is 0.494. The summed E-state index contributed by atoms with van der Waals surface area (Å²) in [6, 6.07) is 6.25. The van der Waals surface area contributed by atoms with Crippen LogP contribution in [0.25, 0.3) is 0 Å². The molecule has 0 saturated heterocycles. The van der Waals surface area contributed by atoms with Crippen LogP contribution in [0.3, 0.4) is 0 Å². The lowest BCUT2D eigenvalue weighted by molar-refractivity contribution is -0.120. The maximum atomic E-state index is 12.2. The van der Waals surface area contributed by atoms with Gasteiger partial charge in [-0.25, -0.2) is 14.2 Å². The lowest BCUT2D eigenvalue weighted by Crippen LogP contribution is -2.46. The van der Waals surface area contributed by atoms with Crippen LogP contribution in [0, 0.1) is 25.2 Å². The van der Waals surface area contributed by atoms with E-state index in [4.69, 9.17) is 5.26 Å². The van der Waals surface area contributed by atoms with Crippen LogP contribution < -0.4 is 21.9 Å². The van der Waals surface area contributed by atoms with E-state index in [1.165, 1.54) is 0 Å². The molecule has 0 bridgehead atoms. The molecule has 3 amide bonds. The highest BCUT2D eigenvalue weighted by Gasteiger charge is 2.16. The zero-order chi connectivity index (χ0) is 20.1. The number of aromatic nitrogens is 2. The number of nitriles is 1. The average Bonchev–Trinajstić information content (AvgIpc) is 2.62. The molecule has 1 aromatic heterocycles. The minimum Gasteiger partial charge on any atom is -0.307 e. The quantitative estimate of drug-likeness (QED) is 0.827. The van der Waals surface area contributed by atoms with Gasteiger partial charge in [-0.05, 0) is 38.0 Å². The summed E-state index contributed by atoms with van der Waals surface area (Å²) in [4.78, 5) is 48.5. The molecule has 27 heavy (non-hydrogen) atoms. The van der Waals surface area contributed by atoms with Crippen LogP contribution >= 0.6 is 0 Å². The van der Waals surface area contributed by atoms with Crippen LogP contribution in [-0.2, 0) is 17.9 Å². The Morgan fingerprint density at radius 2 is 1.93 bits per heavy atom. The van der Waals surface area contributed by atoms with Crippen molar-refractivity contribution < 1.29 is 9.59 Å². The summed E-state index contributed by atoms with van der Waals surface area (Å²) in [6.07, 6.45) is 1.15. The molecule has 1 heterocycles. The van der Waals surface area contributed by atoms with E-state index >= 15 is 0 Å². The topological polar surface area (TPSA) is 126 Å².